The Hall–Kier alpha value is -1.16. The molecule has 2 heterocycles. The second-order valence-corrected chi connectivity index (χ2v) is 8.95. The molecule has 4 rings (SSSR count). The third-order valence-corrected chi connectivity index (χ3v) is 6.51. The van der Waals surface area contributed by atoms with Gasteiger partial charge in [0, 0.05) is 23.1 Å². The van der Waals surface area contributed by atoms with Gasteiger partial charge < -0.3 is 5.32 Å². The average Bonchev–Trinajstić information content (AvgIpc) is 3.00. The molecule has 2 aliphatic carbocycles. The van der Waals surface area contributed by atoms with E-state index in [4.69, 9.17) is 0 Å². The van der Waals surface area contributed by atoms with Crippen LogP contribution in [0.2, 0.25) is 0 Å². The van der Waals surface area contributed by atoms with Crippen molar-refractivity contribution >= 4 is 27.9 Å². The molecule has 3 aliphatic rings. The first-order valence-electron chi connectivity index (χ1n) is 10.2. The summed E-state index contributed by atoms with van der Waals surface area (Å²) < 4.78 is 1.00. The highest BCUT2D eigenvalue weighted by atomic mass is 79.9. The van der Waals surface area contributed by atoms with Gasteiger partial charge in [0.15, 0.2) is 0 Å². The Morgan fingerprint density at radius 3 is 2.73 bits per heavy atom. The van der Waals surface area contributed by atoms with Gasteiger partial charge in [-0.15, -0.1) is 0 Å². The van der Waals surface area contributed by atoms with Crippen LogP contribution in [0.4, 0.5) is 0 Å². The summed E-state index contributed by atoms with van der Waals surface area (Å²) in [6.45, 7) is 4.25. The van der Waals surface area contributed by atoms with E-state index in [1.165, 1.54) is 38.5 Å². The zero-order valence-corrected chi connectivity index (χ0v) is 17.5. The molecule has 0 aromatic carbocycles. The lowest BCUT2D eigenvalue weighted by molar-refractivity contribution is -0.119. The number of carbonyl (C=O) groups is 1. The van der Waals surface area contributed by atoms with Crippen molar-refractivity contribution in [2.45, 2.75) is 64.8 Å². The van der Waals surface area contributed by atoms with Crippen LogP contribution in [-0.2, 0) is 4.79 Å². The summed E-state index contributed by atoms with van der Waals surface area (Å²) in [6.07, 6.45) is 14.9. The van der Waals surface area contributed by atoms with Gasteiger partial charge in [-0.3, -0.25) is 9.78 Å². The predicted octanol–water partition coefficient (Wildman–Crippen LogP) is 5.60. The number of carbonyl (C=O) groups excluding carboxylic acids is 1. The van der Waals surface area contributed by atoms with Gasteiger partial charge in [0.25, 0.3) is 0 Å². The molecule has 3 unspecified atom stereocenters. The molecule has 3 nitrogen and oxygen atoms in total. The summed E-state index contributed by atoms with van der Waals surface area (Å²) in [5.74, 6) is 2.79. The Kier molecular flexibility index (Phi) is 6.91. The molecule has 0 spiro atoms. The second kappa shape index (κ2) is 9.16. The highest BCUT2D eigenvalue weighted by molar-refractivity contribution is 9.10. The van der Waals surface area contributed by atoms with Gasteiger partial charge in [0.2, 0.25) is 5.91 Å². The van der Waals surface area contributed by atoms with Crippen LogP contribution in [0, 0.1) is 23.7 Å². The number of hydrogen-bond acceptors (Lipinski definition) is 2. The smallest absolute Gasteiger partial charge is 0.220 e. The zero-order valence-electron chi connectivity index (χ0n) is 16.0. The minimum atomic E-state index is 0.249. The van der Waals surface area contributed by atoms with Gasteiger partial charge in [-0.25, -0.2) is 0 Å². The van der Waals surface area contributed by atoms with Crippen molar-refractivity contribution in [2.24, 2.45) is 23.7 Å². The van der Waals surface area contributed by atoms with Crippen LogP contribution in [0.3, 0.4) is 0 Å². The number of nitrogens with one attached hydrogen (secondary N) is 1. The molecule has 26 heavy (non-hydrogen) atoms. The second-order valence-electron chi connectivity index (χ2n) is 8.03. The number of halogens is 1. The van der Waals surface area contributed by atoms with Crippen molar-refractivity contribution in [3.8, 4) is 0 Å². The summed E-state index contributed by atoms with van der Waals surface area (Å²) in [7, 11) is 0. The fraction of sp³-hybridized carbons (Fsp3) is 0.636. The molecule has 5 atom stereocenters. The fourth-order valence-corrected chi connectivity index (χ4v) is 5.26. The number of aromatic nitrogens is 1. The molecular formula is C22H31BrN2O. The van der Waals surface area contributed by atoms with E-state index in [1.807, 2.05) is 18.3 Å². The number of nitrogens with zero attached hydrogens (tertiary/aromatic N) is 1. The lowest BCUT2D eigenvalue weighted by Crippen LogP contribution is -2.45. The van der Waals surface area contributed by atoms with E-state index in [-0.39, 0.29) is 5.91 Å². The molecule has 142 valence electrons. The van der Waals surface area contributed by atoms with Crippen LogP contribution in [0.5, 0.6) is 0 Å². The highest BCUT2D eigenvalue weighted by Crippen LogP contribution is 2.49. The monoisotopic (exact) mass is 418 g/mol. The summed E-state index contributed by atoms with van der Waals surface area (Å²) in [5, 5.41) is 3.23. The highest BCUT2D eigenvalue weighted by Gasteiger charge is 2.47. The van der Waals surface area contributed by atoms with Crippen LogP contribution in [0.1, 0.15) is 64.5 Å². The van der Waals surface area contributed by atoms with E-state index < -0.39 is 0 Å². The van der Waals surface area contributed by atoms with Crippen LogP contribution in [-0.4, -0.2) is 16.9 Å². The molecule has 1 amide bonds. The van der Waals surface area contributed by atoms with E-state index in [0.29, 0.717) is 24.3 Å². The van der Waals surface area contributed by atoms with Crippen molar-refractivity contribution in [1.29, 1.82) is 0 Å². The number of fused-ring (bicyclic) bond motifs is 2. The van der Waals surface area contributed by atoms with Gasteiger partial charge >= 0.3 is 0 Å². The van der Waals surface area contributed by atoms with Gasteiger partial charge in [-0.1, -0.05) is 45.6 Å². The zero-order chi connectivity index (χ0) is 18.5. The third kappa shape index (κ3) is 4.57. The number of pyridine rings is 1. The van der Waals surface area contributed by atoms with Crippen molar-refractivity contribution in [2.75, 3.05) is 0 Å². The molecule has 2 saturated carbocycles. The molecule has 4 heteroatoms. The molecule has 1 N–H and O–H groups in total. The largest absolute Gasteiger partial charge is 0.353 e. The Labute approximate surface area is 166 Å². The topological polar surface area (TPSA) is 42.0 Å². The van der Waals surface area contributed by atoms with Crippen molar-refractivity contribution < 1.29 is 4.79 Å². The Bertz CT molecular complexity index is 628. The molecule has 1 aromatic rings. The van der Waals surface area contributed by atoms with E-state index in [2.05, 4.69) is 52.2 Å². The van der Waals surface area contributed by atoms with Crippen molar-refractivity contribution in [1.82, 2.24) is 10.3 Å². The third-order valence-electron chi connectivity index (χ3n) is 6.04. The first kappa shape index (κ1) is 19.6. The van der Waals surface area contributed by atoms with Gasteiger partial charge in [0.05, 0.1) is 5.69 Å². The van der Waals surface area contributed by atoms with Crippen LogP contribution < -0.4 is 5.32 Å². The summed E-state index contributed by atoms with van der Waals surface area (Å²) in [5.41, 5.74) is 1.000. The van der Waals surface area contributed by atoms with Crippen molar-refractivity contribution in [3.63, 3.8) is 0 Å². The Balaban J connectivity index is 0.000000613. The van der Waals surface area contributed by atoms with Crippen molar-refractivity contribution in [3.05, 3.63) is 34.6 Å². The number of rotatable bonds is 2. The van der Waals surface area contributed by atoms with Gasteiger partial charge in [-0.05, 0) is 70.7 Å². The van der Waals surface area contributed by atoms with E-state index in [9.17, 15) is 4.79 Å². The SMILES string of the molecule is CCC.O=C1C[C@@H]2C(/C=C/c3ccc(Br)cn3)C3CCCCC3C[C@@H]2N1. The number of allylic oxidation sites excluding steroid dienone is 1. The van der Waals surface area contributed by atoms with E-state index >= 15 is 0 Å². The maximum atomic E-state index is 11.9. The molecular weight excluding hydrogens is 388 g/mol. The Morgan fingerprint density at radius 1 is 1.23 bits per heavy atom. The molecule has 1 saturated heterocycles. The van der Waals surface area contributed by atoms with E-state index in [0.717, 1.165) is 22.0 Å². The fourth-order valence-electron chi connectivity index (χ4n) is 5.03. The molecule has 3 fully saturated rings. The summed E-state index contributed by atoms with van der Waals surface area (Å²) >= 11 is 3.43. The lowest BCUT2D eigenvalue weighted by Gasteiger charge is -2.46. The maximum Gasteiger partial charge on any atom is 0.220 e. The Morgan fingerprint density at radius 2 is 2.00 bits per heavy atom. The van der Waals surface area contributed by atoms with Crippen LogP contribution in [0.15, 0.2) is 28.9 Å². The first-order chi connectivity index (χ1) is 12.6. The molecule has 1 aliphatic heterocycles. The summed E-state index contributed by atoms with van der Waals surface area (Å²) in [4.78, 5) is 16.4. The molecule has 0 radical (unpaired) electrons. The average molecular weight is 419 g/mol. The number of hydrogen-bond donors (Lipinski definition) is 1. The summed E-state index contributed by atoms with van der Waals surface area (Å²) in [6, 6.07) is 4.46. The predicted molar refractivity (Wildman–Crippen MR) is 111 cm³/mol. The number of amides is 1. The minimum Gasteiger partial charge on any atom is -0.353 e. The molecule has 1 aromatic heterocycles. The normalized spacial score (nSPS) is 33.0. The first-order valence-corrected chi connectivity index (χ1v) is 11.0. The lowest BCUT2D eigenvalue weighted by atomic mass is 9.60. The van der Waals surface area contributed by atoms with Gasteiger partial charge in [0.1, 0.15) is 0 Å². The van der Waals surface area contributed by atoms with Crippen LogP contribution >= 0.6 is 15.9 Å². The molecule has 0 bridgehead atoms. The standard InChI is InChI=1S/C19H23BrN2O.C3H8/c20-13-5-6-14(21-11-13)7-8-16-15-4-2-1-3-12(15)9-18-17(16)10-19(23)22-18;1-3-2/h5-8,11-12,15-18H,1-4,9-10H2,(H,22,23);3H2,1-2H3/b8-7+;/t12?,15?,16?,17-,18+;/m1./s1. The minimum absolute atomic E-state index is 0.249. The quantitative estimate of drug-likeness (QED) is 0.678. The maximum absolute atomic E-state index is 11.9. The van der Waals surface area contributed by atoms with Crippen LogP contribution in [0.25, 0.3) is 6.08 Å². The van der Waals surface area contributed by atoms with E-state index in [1.54, 1.807) is 0 Å². The van der Waals surface area contributed by atoms with Gasteiger partial charge in [-0.2, -0.15) is 0 Å².